The Balaban J connectivity index is 2.51. The number of amides is 3. The minimum Gasteiger partial charge on any atom is -0.508 e. The zero-order valence-corrected chi connectivity index (χ0v) is 24.6. The molecule has 2 aromatic carbocycles. The van der Waals surface area contributed by atoms with Gasteiger partial charge in [-0.25, -0.2) is 4.79 Å². The van der Waals surface area contributed by atoms with Gasteiger partial charge in [0.25, 0.3) is 5.91 Å². The molecule has 0 aromatic heterocycles. The molecule has 10 heteroatoms. The summed E-state index contributed by atoms with van der Waals surface area (Å²) >= 11 is 7.91. The van der Waals surface area contributed by atoms with Gasteiger partial charge in [0.15, 0.2) is 0 Å². The highest BCUT2D eigenvalue weighted by molar-refractivity contribution is 7.98. The van der Waals surface area contributed by atoms with Gasteiger partial charge in [-0.15, -0.1) is 0 Å². The summed E-state index contributed by atoms with van der Waals surface area (Å²) in [5.74, 6) is -0.206. The van der Waals surface area contributed by atoms with Crippen LogP contribution in [0.5, 0.6) is 5.75 Å². The molecule has 3 amide bonds. The molecule has 0 aliphatic carbocycles. The summed E-state index contributed by atoms with van der Waals surface area (Å²) in [5.41, 5.74) is 1.56. The molecule has 0 fully saturated rings. The zero-order chi connectivity index (χ0) is 28.6. The second-order valence-corrected chi connectivity index (χ2v) is 11.4. The Hall–Kier alpha value is -2.91. The number of alkyl carbamates (subject to hydrolysis) is 1. The lowest BCUT2D eigenvalue weighted by Gasteiger charge is -2.34. The fourth-order valence-corrected chi connectivity index (χ4v) is 4.65. The number of aryl methyl sites for hydroxylation is 2. The number of para-hydroxylation sites is 1. The minimum absolute atomic E-state index is 0.0775. The van der Waals surface area contributed by atoms with Crippen LogP contribution in [0.4, 0.5) is 10.5 Å². The number of benzene rings is 2. The average molecular weight is 564 g/mol. The number of phenolic OH excluding ortho intramolecular Hbond substituents is 1. The van der Waals surface area contributed by atoms with E-state index in [1.165, 1.54) is 11.0 Å². The number of hydrogen-bond donors (Lipinski definition) is 3. The summed E-state index contributed by atoms with van der Waals surface area (Å²) in [6, 6.07) is 8.10. The average Bonchev–Trinajstić information content (AvgIpc) is 2.82. The Morgan fingerprint density at radius 3 is 2.37 bits per heavy atom. The monoisotopic (exact) mass is 563 g/mol. The Kier molecular flexibility index (Phi) is 11.3. The van der Waals surface area contributed by atoms with E-state index in [1.807, 2.05) is 19.2 Å². The lowest BCUT2D eigenvalue weighted by Crippen LogP contribution is -2.52. The van der Waals surface area contributed by atoms with Crippen molar-refractivity contribution in [3.8, 4) is 5.75 Å². The standard InChI is InChI=1S/C28H38ClN3O5S/c1-8-32(26(35)21(14-15-38-7)30-27(36)37-28(4,5)6)24(19-12-13-22(33)18(3)16-19)25(34)31-23-17(2)10-9-11-20(23)29/h9-13,16,21,24,33H,8,14-15H2,1-7H3,(H,30,36)(H,31,34). The Bertz CT molecular complexity index is 1130. The van der Waals surface area contributed by atoms with E-state index in [0.717, 1.165) is 5.56 Å². The molecular weight excluding hydrogens is 526 g/mol. The molecular formula is C28H38ClN3O5S. The quantitative estimate of drug-likeness (QED) is 0.335. The van der Waals surface area contributed by atoms with Gasteiger partial charge in [-0.05, 0) is 94.9 Å². The summed E-state index contributed by atoms with van der Waals surface area (Å²) in [7, 11) is 0. The van der Waals surface area contributed by atoms with Gasteiger partial charge in [0.05, 0.1) is 10.7 Å². The predicted octanol–water partition coefficient (Wildman–Crippen LogP) is 5.84. The van der Waals surface area contributed by atoms with Gasteiger partial charge in [-0.2, -0.15) is 11.8 Å². The van der Waals surface area contributed by atoms with Gasteiger partial charge in [-0.1, -0.05) is 29.8 Å². The Morgan fingerprint density at radius 2 is 1.82 bits per heavy atom. The molecule has 3 N–H and O–H groups in total. The van der Waals surface area contributed by atoms with Gasteiger partial charge in [-0.3, -0.25) is 9.59 Å². The van der Waals surface area contributed by atoms with Crippen molar-refractivity contribution in [3.63, 3.8) is 0 Å². The molecule has 0 heterocycles. The van der Waals surface area contributed by atoms with Crippen molar-refractivity contribution in [1.29, 1.82) is 0 Å². The number of likely N-dealkylation sites (N-methyl/N-ethyl adjacent to an activating group) is 1. The van der Waals surface area contributed by atoms with Gasteiger partial charge in [0.1, 0.15) is 23.4 Å². The third kappa shape index (κ3) is 8.56. The Morgan fingerprint density at radius 1 is 1.13 bits per heavy atom. The van der Waals surface area contributed by atoms with Crippen molar-refractivity contribution in [2.45, 2.75) is 65.6 Å². The lowest BCUT2D eigenvalue weighted by atomic mass is 9.99. The molecule has 0 spiro atoms. The van der Waals surface area contributed by atoms with Crippen molar-refractivity contribution in [1.82, 2.24) is 10.2 Å². The minimum atomic E-state index is -1.06. The largest absolute Gasteiger partial charge is 0.508 e. The van der Waals surface area contributed by atoms with Crippen LogP contribution in [0, 0.1) is 13.8 Å². The molecule has 2 aromatic rings. The maximum absolute atomic E-state index is 13.9. The second kappa shape index (κ2) is 13.8. The van der Waals surface area contributed by atoms with E-state index in [1.54, 1.807) is 70.6 Å². The van der Waals surface area contributed by atoms with Crippen molar-refractivity contribution >= 4 is 47.0 Å². The van der Waals surface area contributed by atoms with Crippen molar-refractivity contribution in [2.75, 3.05) is 23.9 Å². The van der Waals surface area contributed by atoms with Crippen LogP contribution in [0.3, 0.4) is 0 Å². The third-order valence-corrected chi connectivity index (χ3v) is 6.75. The topological polar surface area (TPSA) is 108 Å². The molecule has 0 aliphatic rings. The van der Waals surface area contributed by atoms with E-state index in [0.29, 0.717) is 34.0 Å². The number of nitrogens with one attached hydrogen (secondary N) is 2. The fourth-order valence-electron chi connectivity index (χ4n) is 3.91. The molecule has 2 atom stereocenters. The van der Waals surface area contributed by atoms with Crippen molar-refractivity contribution < 1.29 is 24.2 Å². The smallest absolute Gasteiger partial charge is 0.408 e. The number of nitrogens with zero attached hydrogens (tertiary/aromatic N) is 1. The summed E-state index contributed by atoms with van der Waals surface area (Å²) in [4.78, 5) is 41.8. The summed E-state index contributed by atoms with van der Waals surface area (Å²) in [6.45, 7) is 10.7. The van der Waals surface area contributed by atoms with Crippen LogP contribution >= 0.6 is 23.4 Å². The molecule has 0 saturated heterocycles. The van der Waals surface area contributed by atoms with E-state index in [-0.39, 0.29) is 12.3 Å². The number of hydrogen-bond acceptors (Lipinski definition) is 6. The molecule has 2 unspecified atom stereocenters. The molecule has 38 heavy (non-hydrogen) atoms. The van der Waals surface area contributed by atoms with Gasteiger partial charge >= 0.3 is 6.09 Å². The van der Waals surface area contributed by atoms with E-state index < -0.39 is 35.6 Å². The maximum Gasteiger partial charge on any atom is 0.408 e. The molecule has 8 nitrogen and oxygen atoms in total. The van der Waals surface area contributed by atoms with Crippen molar-refractivity contribution in [3.05, 3.63) is 58.1 Å². The first-order chi connectivity index (χ1) is 17.8. The molecule has 0 radical (unpaired) electrons. The number of rotatable bonds is 10. The number of thioether (sulfide) groups is 1. The number of carbonyl (C=O) groups is 3. The van der Waals surface area contributed by atoms with E-state index >= 15 is 0 Å². The van der Waals surface area contributed by atoms with Crippen LogP contribution in [0.25, 0.3) is 0 Å². The number of carbonyl (C=O) groups excluding carboxylic acids is 3. The fraction of sp³-hybridized carbons (Fsp3) is 0.464. The molecule has 2 rings (SSSR count). The number of aromatic hydroxyl groups is 1. The van der Waals surface area contributed by atoms with E-state index in [2.05, 4.69) is 10.6 Å². The summed E-state index contributed by atoms with van der Waals surface area (Å²) in [5, 5.41) is 16.1. The van der Waals surface area contributed by atoms with Crippen LogP contribution in [-0.4, -0.2) is 58.1 Å². The first-order valence-corrected chi connectivity index (χ1v) is 14.2. The highest BCUT2D eigenvalue weighted by atomic mass is 35.5. The van der Waals surface area contributed by atoms with Crippen LogP contribution in [-0.2, 0) is 14.3 Å². The van der Waals surface area contributed by atoms with Crippen LogP contribution < -0.4 is 10.6 Å². The first-order valence-electron chi connectivity index (χ1n) is 12.4. The summed E-state index contributed by atoms with van der Waals surface area (Å²) < 4.78 is 5.39. The Labute approximate surface area is 234 Å². The maximum atomic E-state index is 13.9. The predicted molar refractivity (Wildman–Crippen MR) is 154 cm³/mol. The van der Waals surface area contributed by atoms with Gasteiger partial charge < -0.3 is 25.4 Å². The number of phenols is 1. The number of ether oxygens (including phenoxy) is 1. The summed E-state index contributed by atoms with van der Waals surface area (Å²) in [6.07, 6.45) is 1.55. The lowest BCUT2D eigenvalue weighted by molar-refractivity contribution is -0.140. The molecule has 208 valence electrons. The second-order valence-electron chi connectivity index (χ2n) is 9.97. The highest BCUT2D eigenvalue weighted by Crippen LogP contribution is 2.31. The highest BCUT2D eigenvalue weighted by Gasteiger charge is 2.36. The SMILES string of the molecule is CCN(C(=O)C(CCSC)NC(=O)OC(C)(C)C)C(C(=O)Nc1c(C)cccc1Cl)c1ccc(O)c(C)c1. The van der Waals surface area contributed by atoms with Gasteiger partial charge in [0.2, 0.25) is 5.91 Å². The van der Waals surface area contributed by atoms with Crippen LogP contribution in [0.2, 0.25) is 5.02 Å². The first kappa shape index (κ1) is 31.3. The van der Waals surface area contributed by atoms with Gasteiger partial charge in [0, 0.05) is 6.54 Å². The normalized spacial score (nSPS) is 12.8. The molecule has 0 saturated carbocycles. The van der Waals surface area contributed by atoms with Crippen LogP contribution in [0.15, 0.2) is 36.4 Å². The van der Waals surface area contributed by atoms with Crippen LogP contribution in [0.1, 0.15) is 56.8 Å². The number of halogens is 1. The van der Waals surface area contributed by atoms with Crippen molar-refractivity contribution in [2.24, 2.45) is 0 Å². The zero-order valence-electron chi connectivity index (χ0n) is 23.1. The number of anilines is 1. The molecule has 0 aliphatic heterocycles. The third-order valence-electron chi connectivity index (χ3n) is 5.79. The van der Waals surface area contributed by atoms with E-state index in [4.69, 9.17) is 16.3 Å². The van der Waals surface area contributed by atoms with E-state index in [9.17, 15) is 19.5 Å². The molecule has 0 bridgehead atoms.